The maximum atomic E-state index is 12.4. The number of hydrogen-bond acceptors (Lipinski definition) is 4. The normalized spacial score (nSPS) is 13.1. The molecule has 0 fully saturated rings. The fourth-order valence-electron chi connectivity index (χ4n) is 2.40. The molecule has 0 saturated carbocycles. The Bertz CT molecular complexity index is 754. The Morgan fingerprint density at radius 3 is 2.52 bits per heavy atom. The first kappa shape index (κ1) is 15.1. The van der Waals surface area contributed by atoms with E-state index in [0.717, 1.165) is 6.42 Å². The molecule has 0 saturated heterocycles. The largest absolute Gasteiger partial charge is 0.490 e. The van der Waals surface area contributed by atoms with Crippen molar-refractivity contribution < 1.29 is 19.1 Å². The van der Waals surface area contributed by atoms with E-state index in [2.05, 4.69) is 5.32 Å². The Hall–Kier alpha value is -2.82. The summed E-state index contributed by atoms with van der Waals surface area (Å²) in [5, 5.41) is 2.77. The highest BCUT2D eigenvalue weighted by molar-refractivity contribution is 6.09. The Balaban J connectivity index is 1.84. The SMILES string of the molecule is CC(=O)c1ccccc1NC(=O)c1ccc2c(c1)OCCCO2. The van der Waals surface area contributed by atoms with Gasteiger partial charge in [-0.05, 0) is 37.3 Å². The van der Waals surface area contributed by atoms with Crippen LogP contribution in [0.5, 0.6) is 11.5 Å². The van der Waals surface area contributed by atoms with Crippen LogP contribution in [0.4, 0.5) is 5.69 Å². The zero-order valence-electron chi connectivity index (χ0n) is 12.8. The molecule has 0 spiro atoms. The second kappa shape index (κ2) is 6.52. The molecule has 1 aliphatic heterocycles. The first-order valence-corrected chi connectivity index (χ1v) is 7.46. The van der Waals surface area contributed by atoms with Crippen molar-refractivity contribution in [1.29, 1.82) is 0 Å². The molecule has 0 aliphatic carbocycles. The van der Waals surface area contributed by atoms with Crippen molar-refractivity contribution in [2.24, 2.45) is 0 Å². The van der Waals surface area contributed by atoms with Crippen molar-refractivity contribution in [3.63, 3.8) is 0 Å². The standard InChI is InChI=1S/C18H17NO4/c1-12(20)14-5-2-3-6-15(14)19-18(21)13-7-8-16-17(11-13)23-10-4-9-22-16/h2-3,5-8,11H,4,9-10H2,1H3,(H,19,21). The summed E-state index contributed by atoms with van der Waals surface area (Å²) in [6.07, 6.45) is 0.808. The Morgan fingerprint density at radius 1 is 1.00 bits per heavy atom. The summed E-state index contributed by atoms with van der Waals surface area (Å²) in [5.41, 5.74) is 1.43. The van der Waals surface area contributed by atoms with Crippen molar-refractivity contribution in [3.8, 4) is 11.5 Å². The van der Waals surface area contributed by atoms with Crippen molar-refractivity contribution in [2.75, 3.05) is 18.5 Å². The number of rotatable bonds is 3. The van der Waals surface area contributed by atoms with E-state index in [9.17, 15) is 9.59 Å². The van der Waals surface area contributed by atoms with E-state index in [0.29, 0.717) is 41.5 Å². The van der Waals surface area contributed by atoms with Crippen LogP contribution >= 0.6 is 0 Å². The molecule has 2 aromatic rings. The molecule has 0 bridgehead atoms. The molecular weight excluding hydrogens is 294 g/mol. The zero-order valence-corrected chi connectivity index (χ0v) is 12.8. The number of benzene rings is 2. The van der Waals surface area contributed by atoms with Crippen LogP contribution in [0.2, 0.25) is 0 Å². The molecule has 1 N–H and O–H groups in total. The van der Waals surface area contributed by atoms with Gasteiger partial charge in [-0.25, -0.2) is 0 Å². The summed E-state index contributed by atoms with van der Waals surface area (Å²) in [5.74, 6) is 0.812. The summed E-state index contributed by atoms with van der Waals surface area (Å²) < 4.78 is 11.1. The maximum absolute atomic E-state index is 12.4. The van der Waals surface area contributed by atoms with Crippen molar-refractivity contribution >= 4 is 17.4 Å². The van der Waals surface area contributed by atoms with E-state index in [-0.39, 0.29) is 11.7 Å². The highest BCUT2D eigenvalue weighted by Gasteiger charge is 2.15. The van der Waals surface area contributed by atoms with Gasteiger partial charge in [-0.1, -0.05) is 12.1 Å². The zero-order chi connectivity index (χ0) is 16.2. The second-order valence-electron chi connectivity index (χ2n) is 5.27. The minimum atomic E-state index is -0.297. The molecule has 0 atom stereocenters. The molecule has 3 rings (SSSR count). The number of Topliss-reactive ketones (excluding diaryl/α,β-unsaturated/α-hetero) is 1. The van der Waals surface area contributed by atoms with Crippen LogP contribution in [0.15, 0.2) is 42.5 Å². The van der Waals surface area contributed by atoms with Gasteiger partial charge in [0.15, 0.2) is 17.3 Å². The average Bonchev–Trinajstić information content (AvgIpc) is 2.79. The summed E-state index contributed by atoms with van der Waals surface area (Å²) >= 11 is 0. The topological polar surface area (TPSA) is 64.6 Å². The van der Waals surface area contributed by atoms with Crippen LogP contribution in [-0.4, -0.2) is 24.9 Å². The number of hydrogen-bond donors (Lipinski definition) is 1. The summed E-state index contributed by atoms with van der Waals surface area (Å²) in [4.78, 5) is 24.1. The van der Waals surface area contributed by atoms with Gasteiger partial charge >= 0.3 is 0 Å². The minimum Gasteiger partial charge on any atom is -0.490 e. The third kappa shape index (κ3) is 3.34. The van der Waals surface area contributed by atoms with Crippen LogP contribution in [0.1, 0.15) is 34.1 Å². The van der Waals surface area contributed by atoms with Gasteiger partial charge in [-0.15, -0.1) is 0 Å². The monoisotopic (exact) mass is 311 g/mol. The molecular formula is C18H17NO4. The van der Waals surface area contributed by atoms with Crippen LogP contribution in [0.25, 0.3) is 0 Å². The van der Waals surface area contributed by atoms with Gasteiger partial charge < -0.3 is 14.8 Å². The third-order valence-corrected chi connectivity index (χ3v) is 3.56. The van der Waals surface area contributed by atoms with Gasteiger partial charge in [0.25, 0.3) is 5.91 Å². The smallest absolute Gasteiger partial charge is 0.255 e. The van der Waals surface area contributed by atoms with E-state index in [4.69, 9.17) is 9.47 Å². The number of carbonyl (C=O) groups excluding carboxylic acids is 2. The number of anilines is 1. The second-order valence-corrected chi connectivity index (χ2v) is 5.27. The van der Waals surface area contributed by atoms with E-state index in [1.165, 1.54) is 6.92 Å². The predicted molar refractivity (Wildman–Crippen MR) is 86.4 cm³/mol. The average molecular weight is 311 g/mol. The Morgan fingerprint density at radius 2 is 1.74 bits per heavy atom. The van der Waals surface area contributed by atoms with Crippen LogP contribution in [0.3, 0.4) is 0 Å². The lowest BCUT2D eigenvalue weighted by Crippen LogP contribution is -2.14. The molecule has 1 heterocycles. The molecule has 0 radical (unpaired) electrons. The number of ketones is 1. The molecule has 2 aromatic carbocycles. The number of nitrogens with one attached hydrogen (secondary N) is 1. The van der Waals surface area contributed by atoms with Crippen LogP contribution in [-0.2, 0) is 0 Å². The van der Waals surface area contributed by atoms with Crippen molar-refractivity contribution in [3.05, 3.63) is 53.6 Å². The van der Waals surface area contributed by atoms with Gasteiger partial charge in [0.1, 0.15) is 0 Å². The molecule has 23 heavy (non-hydrogen) atoms. The van der Waals surface area contributed by atoms with E-state index >= 15 is 0 Å². The van der Waals surface area contributed by atoms with E-state index in [1.807, 2.05) is 0 Å². The summed E-state index contributed by atoms with van der Waals surface area (Å²) in [7, 11) is 0. The number of amides is 1. The lowest BCUT2D eigenvalue weighted by Gasteiger charge is -2.11. The van der Waals surface area contributed by atoms with E-state index < -0.39 is 0 Å². The molecule has 118 valence electrons. The quantitative estimate of drug-likeness (QED) is 0.883. The van der Waals surface area contributed by atoms with Crippen molar-refractivity contribution in [1.82, 2.24) is 0 Å². The van der Waals surface area contributed by atoms with E-state index in [1.54, 1.807) is 42.5 Å². The molecule has 5 nitrogen and oxygen atoms in total. The molecule has 0 unspecified atom stereocenters. The molecule has 5 heteroatoms. The van der Waals surface area contributed by atoms with Gasteiger partial charge in [0, 0.05) is 17.5 Å². The summed E-state index contributed by atoms with van der Waals surface area (Å²) in [6, 6.07) is 12.0. The lowest BCUT2D eigenvalue weighted by atomic mass is 10.1. The highest BCUT2D eigenvalue weighted by Crippen LogP contribution is 2.30. The third-order valence-electron chi connectivity index (χ3n) is 3.56. The number of fused-ring (bicyclic) bond motifs is 1. The Labute approximate surface area is 134 Å². The maximum Gasteiger partial charge on any atom is 0.255 e. The fourth-order valence-corrected chi connectivity index (χ4v) is 2.40. The summed E-state index contributed by atoms with van der Waals surface area (Å²) in [6.45, 7) is 2.63. The fraction of sp³-hybridized carbons (Fsp3) is 0.222. The first-order valence-electron chi connectivity index (χ1n) is 7.46. The van der Waals surface area contributed by atoms with Gasteiger partial charge in [0.2, 0.25) is 0 Å². The number of para-hydroxylation sites is 1. The van der Waals surface area contributed by atoms with Crippen LogP contribution < -0.4 is 14.8 Å². The minimum absolute atomic E-state index is 0.0976. The molecule has 0 aromatic heterocycles. The number of carbonyl (C=O) groups is 2. The van der Waals surface area contributed by atoms with Crippen molar-refractivity contribution in [2.45, 2.75) is 13.3 Å². The first-order chi connectivity index (χ1) is 11.1. The molecule has 1 amide bonds. The van der Waals surface area contributed by atoms with Crippen LogP contribution in [0, 0.1) is 0 Å². The molecule has 1 aliphatic rings. The van der Waals surface area contributed by atoms with Gasteiger partial charge in [-0.3, -0.25) is 9.59 Å². The predicted octanol–water partition coefficient (Wildman–Crippen LogP) is 3.30. The Kier molecular flexibility index (Phi) is 4.28. The van der Waals surface area contributed by atoms with Gasteiger partial charge in [0.05, 0.1) is 18.9 Å². The lowest BCUT2D eigenvalue weighted by molar-refractivity contribution is 0.101. The highest BCUT2D eigenvalue weighted by atomic mass is 16.5. The number of ether oxygens (including phenoxy) is 2. The van der Waals surface area contributed by atoms with Gasteiger partial charge in [-0.2, -0.15) is 0 Å².